The molecule has 0 radical (unpaired) electrons. The lowest BCUT2D eigenvalue weighted by Crippen LogP contribution is -2.44. The molecule has 10 N–H and O–H groups in total. The van der Waals surface area contributed by atoms with Crippen LogP contribution in [-0.4, -0.2) is 34.8 Å². The molecule has 25 heavy (non-hydrogen) atoms. The Hall–Kier alpha value is -1.35. The molecule has 0 bridgehead atoms. The molecule has 0 aromatic rings. The van der Waals surface area contributed by atoms with Crippen LogP contribution in [0.2, 0.25) is 0 Å². The number of carbonyl (C=O) groups excluding carboxylic acids is 1. The average molecular weight is 409 g/mol. The number of rotatable bonds is 2. The lowest BCUT2D eigenvalue weighted by molar-refractivity contribution is -0.202. The van der Waals surface area contributed by atoms with Gasteiger partial charge in [-0.25, -0.2) is 5.84 Å². The summed E-state index contributed by atoms with van der Waals surface area (Å²) in [5.41, 5.74) is -3.06. The molecule has 0 aromatic heterocycles. The number of carboxylic acids is 1. The first-order valence-corrected chi connectivity index (χ1v) is 6.05. The van der Waals surface area contributed by atoms with Gasteiger partial charge in [0.25, 0.3) is 0 Å². The van der Waals surface area contributed by atoms with Crippen LogP contribution in [0.1, 0.15) is 25.7 Å². The normalized spacial score (nSPS) is 18.4. The van der Waals surface area contributed by atoms with Gasteiger partial charge in [-0.1, -0.05) is 0 Å². The van der Waals surface area contributed by atoms with Crippen molar-refractivity contribution in [1.82, 2.24) is 5.43 Å². The Morgan fingerprint density at radius 1 is 0.880 bits per heavy atom. The minimum atomic E-state index is -4.57. The Kier molecular flexibility index (Phi) is 10.7. The van der Waals surface area contributed by atoms with Crippen molar-refractivity contribution in [2.75, 3.05) is 0 Å². The zero-order valence-corrected chi connectivity index (χ0v) is 13.3. The van der Waals surface area contributed by atoms with Crippen molar-refractivity contribution in [3.63, 3.8) is 0 Å². The molecule has 0 aromatic carbocycles. The number of nitrogens with two attached hydrogens (primary N) is 3. The van der Waals surface area contributed by atoms with E-state index in [1.54, 1.807) is 0 Å². The third-order valence-corrected chi connectivity index (χ3v) is 3.56. The largest absolute Gasteiger partial charge is 0.481 e. The predicted octanol–water partition coefficient (Wildman–Crippen LogP) is 0.148. The first kappa shape index (κ1) is 28.5. The Morgan fingerprint density at radius 2 is 1.16 bits per heavy atom. The van der Waals surface area contributed by atoms with E-state index in [1.807, 2.05) is 0 Å². The highest BCUT2D eigenvalue weighted by Gasteiger charge is 2.69. The number of carboxylic acid groups (broad SMARTS) is 1. The number of hydrazine groups is 2. The van der Waals surface area contributed by atoms with Gasteiger partial charge in [0.05, 0.1) is 0 Å². The highest BCUT2D eigenvalue weighted by Crippen LogP contribution is 2.58. The Balaban J connectivity index is -0.000000329. The van der Waals surface area contributed by atoms with E-state index in [4.69, 9.17) is 5.11 Å². The summed E-state index contributed by atoms with van der Waals surface area (Å²) in [4.78, 5) is 20.6. The first-order chi connectivity index (χ1) is 10.3. The van der Waals surface area contributed by atoms with Crippen LogP contribution in [-0.2, 0) is 9.59 Å². The summed E-state index contributed by atoms with van der Waals surface area (Å²) < 4.78 is 71.3. The van der Waals surface area contributed by atoms with Gasteiger partial charge < -0.3 is 10.6 Å². The van der Waals surface area contributed by atoms with Gasteiger partial charge in [-0.3, -0.25) is 26.7 Å². The van der Waals surface area contributed by atoms with Gasteiger partial charge in [0.15, 0.2) is 5.41 Å². The second kappa shape index (κ2) is 9.38. The van der Waals surface area contributed by atoms with Crippen LogP contribution in [0.25, 0.3) is 0 Å². The molecule has 2 fully saturated rings. The van der Waals surface area contributed by atoms with Crippen LogP contribution < -0.4 is 23.0 Å². The fraction of sp³-hybridized carbons (Fsp3) is 0.800. The molecule has 2 rings (SSSR count). The van der Waals surface area contributed by atoms with Gasteiger partial charge in [-0.05, 0) is 25.7 Å². The number of carbonyl (C=O) groups is 2. The van der Waals surface area contributed by atoms with Gasteiger partial charge in [0, 0.05) is 0 Å². The standard InChI is InChI=1S/C5H7F3N2O.C5H5F3O2.ClH.H4N2.H2O/c6-5(7,8)4(1-2-4)3(11)10-9;6-5(7,8)4(1-2-4)3(9)10;;1-2;/h1-2,9H2,(H,10,11);1-2H2,(H,9,10);1H;1-2H2;1H2. The van der Waals surface area contributed by atoms with E-state index in [2.05, 4.69) is 17.5 Å². The van der Waals surface area contributed by atoms with Crippen LogP contribution in [0.15, 0.2) is 0 Å². The van der Waals surface area contributed by atoms with E-state index in [-0.39, 0.29) is 43.6 Å². The van der Waals surface area contributed by atoms with Crippen LogP contribution in [0, 0.1) is 10.8 Å². The summed E-state index contributed by atoms with van der Waals surface area (Å²) in [5, 5.41) is 8.12. The van der Waals surface area contributed by atoms with Crippen molar-refractivity contribution in [3.8, 4) is 0 Å². The van der Waals surface area contributed by atoms with Crippen LogP contribution in [0.4, 0.5) is 26.3 Å². The minimum absolute atomic E-state index is 0. The number of nitrogens with one attached hydrogen (secondary N) is 1. The second-order valence-electron chi connectivity index (χ2n) is 4.94. The van der Waals surface area contributed by atoms with Crippen LogP contribution >= 0.6 is 12.4 Å². The summed E-state index contributed by atoms with van der Waals surface area (Å²) in [6.07, 6.45) is -9.88. The maximum absolute atomic E-state index is 12.0. The van der Waals surface area contributed by atoms with E-state index < -0.39 is 35.1 Å². The van der Waals surface area contributed by atoms with Crippen molar-refractivity contribution >= 4 is 24.3 Å². The maximum Gasteiger partial charge on any atom is 0.404 e. The van der Waals surface area contributed by atoms with E-state index in [0.29, 0.717) is 0 Å². The number of amides is 1. The molecule has 0 saturated heterocycles. The summed E-state index contributed by atoms with van der Waals surface area (Å²) in [6, 6.07) is 0. The maximum atomic E-state index is 12.0. The van der Waals surface area contributed by atoms with Crippen LogP contribution in [0.5, 0.6) is 0 Å². The van der Waals surface area contributed by atoms with Crippen molar-refractivity contribution in [3.05, 3.63) is 0 Å². The summed E-state index contributed by atoms with van der Waals surface area (Å²) in [6.45, 7) is 0. The first-order valence-electron chi connectivity index (χ1n) is 6.05. The van der Waals surface area contributed by atoms with Gasteiger partial charge >= 0.3 is 18.3 Å². The third-order valence-electron chi connectivity index (χ3n) is 3.56. The topological polar surface area (TPSA) is 176 Å². The highest BCUT2D eigenvalue weighted by atomic mass is 35.5. The minimum Gasteiger partial charge on any atom is -0.481 e. The van der Waals surface area contributed by atoms with Crippen molar-refractivity contribution in [2.45, 2.75) is 38.0 Å². The molecular formula is C10H19ClF6N4O4. The lowest BCUT2D eigenvalue weighted by atomic mass is 10.1. The molecule has 0 heterocycles. The average Bonchev–Trinajstić information content (AvgIpc) is 3.30. The van der Waals surface area contributed by atoms with Crippen molar-refractivity contribution < 1.29 is 46.5 Å². The number of aliphatic carboxylic acids is 1. The third kappa shape index (κ3) is 5.85. The molecule has 0 spiro atoms. The quantitative estimate of drug-likeness (QED) is 0.188. The van der Waals surface area contributed by atoms with Gasteiger partial charge in [-0.2, -0.15) is 26.3 Å². The summed E-state index contributed by atoms with van der Waals surface area (Å²) in [7, 11) is 0. The number of alkyl halides is 6. The van der Waals surface area contributed by atoms with Gasteiger partial charge in [0.1, 0.15) is 5.41 Å². The van der Waals surface area contributed by atoms with Crippen molar-refractivity contribution in [2.24, 2.45) is 28.4 Å². The summed E-state index contributed by atoms with van der Waals surface area (Å²) >= 11 is 0. The van der Waals surface area contributed by atoms with E-state index in [0.717, 1.165) is 0 Å². The van der Waals surface area contributed by atoms with E-state index in [1.165, 1.54) is 5.43 Å². The Morgan fingerprint density at radius 3 is 1.20 bits per heavy atom. The number of halogens is 7. The molecule has 8 nitrogen and oxygen atoms in total. The van der Waals surface area contributed by atoms with E-state index in [9.17, 15) is 35.9 Å². The molecule has 2 aliphatic carbocycles. The molecular weight excluding hydrogens is 390 g/mol. The number of hydrogen-bond donors (Lipinski definition) is 5. The predicted molar refractivity (Wildman–Crippen MR) is 74.6 cm³/mol. The van der Waals surface area contributed by atoms with Gasteiger partial charge in [-0.15, -0.1) is 12.4 Å². The second-order valence-corrected chi connectivity index (χ2v) is 4.94. The monoisotopic (exact) mass is 408 g/mol. The molecule has 152 valence electrons. The Bertz CT molecular complexity index is 452. The number of hydrogen-bond acceptors (Lipinski definition) is 5. The molecule has 0 unspecified atom stereocenters. The Labute approximate surface area is 143 Å². The smallest absolute Gasteiger partial charge is 0.404 e. The molecule has 2 saturated carbocycles. The van der Waals surface area contributed by atoms with Crippen molar-refractivity contribution in [1.29, 1.82) is 0 Å². The fourth-order valence-electron chi connectivity index (χ4n) is 1.65. The molecule has 1 amide bonds. The summed E-state index contributed by atoms with van der Waals surface area (Å²) in [5.74, 6) is 9.71. The van der Waals surface area contributed by atoms with E-state index >= 15 is 0 Å². The molecule has 2 aliphatic rings. The molecule has 15 heteroatoms. The van der Waals surface area contributed by atoms with Crippen LogP contribution in [0.3, 0.4) is 0 Å². The molecule has 0 atom stereocenters. The van der Waals surface area contributed by atoms with Gasteiger partial charge in [0.2, 0.25) is 5.91 Å². The SMILES string of the molecule is Cl.NN.NNC(=O)C1(C(F)(F)F)CC1.O.O=C(O)C1(C(F)(F)F)CC1. The zero-order valence-electron chi connectivity index (χ0n) is 12.5. The molecule has 0 aliphatic heterocycles. The fourth-order valence-corrected chi connectivity index (χ4v) is 1.65. The lowest BCUT2D eigenvalue weighted by Gasteiger charge is -2.16. The highest BCUT2D eigenvalue weighted by molar-refractivity contribution is 5.85. The zero-order chi connectivity index (χ0) is 18.7.